The van der Waals surface area contributed by atoms with Gasteiger partial charge in [-0.25, -0.2) is 0 Å². The number of ether oxygens (including phenoxy) is 1. The van der Waals surface area contributed by atoms with Gasteiger partial charge in [0.05, 0.1) is 13.3 Å². The number of amides is 1. The van der Waals surface area contributed by atoms with Gasteiger partial charge in [0.25, 0.3) is 0 Å². The summed E-state index contributed by atoms with van der Waals surface area (Å²) >= 11 is 5.57. The fourth-order valence-corrected chi connectivity index (χ4v) is 2.61. The number of halogens is 1. The van der Waals surface area contributed by atoms with Gasteiger partial charge in [0, 0.05) is 45.9 Å². The minimum atomic E-state index is 0.0551. The molecule has 0 aromatic carbocycles. The lowest BCUT2D eigenvalue weighted by atomic mass is 10.3. The topological polar surface area (TPSA) is 36.0 Å². The highest BCUT2D eigenvalue weighted by atomic mass is 35.5. The number of hydrogen-bond donors (Lipinski definition) is 0. The second kappa shape index (κ2) is 7.28. The maximum absolute atomic E-state index is 11.5. The van der Waals surface area contributed by atoms with E-state index in [2.05, 4.69) is 9.80 Å². The maximum atomic E-state index is 11.5. The molecule has 0 saturated carbocycles. The van der Waals surface area contributed by atoms with Gasteiger partial charge in [-0.15, -0.1) is 11.6 Å². The number of alkyl halides is 1. The first kappa shape index (κ1) is 14.1. The summed E-state index contributed by atoms with van der Waals surface area (Å²) in [6.45, 7) is 8.33. The second-order valence-corrected chi connectivity index (χ2v) is 5.13. The molecule has 2 aliphatic rings. The van der Waals surface area contributed by atoms with E-state index in [1.54, 1.807) is 0 Å². The van der Waals surface area contributed by atoms with Crippen LogP contribution in [-0.4, -0.2) is 85.6 Å². The molecule has 0 unspecified atom stereocenters. The lowest BCUT2D eigenvalue weighted by molar-refractivity contribution is -0.130. The van der Waals surface area contributed by atoms with Crippen LogP contribution in [0.3, 0.4) is 0 Å². The summed E-state index contributed by atoms with van der Waals surface area (Å²) in [4.78, 5) is 18.2. The maximum Gasteiger partial charge on any atom is 0.237 e. The molecule has 0 atom stereocenters. The fourth-order valence-electron chi connectivity index (χ4n) is 2.45. The molecule has 104 valence electrons. The number of piperazine rings is 1. The molecule has 0 radical (unpaired) electrons. The van der Waals surface area contributed by atoms with Gasteiger partial charge in [-0.05, 0) is 6.42 Å². The Morgan fingerprint density at radius 2 is 1.72 bits per heavy atom. The van der Waals surface area contributed by atoms with Crippen molar-refractivity contribution >= 4 is 17.5 Å². The van der Waals surface area contributed by atoms with Crippen LogP contribution in [0.1, 0.15) is 6.42 Å². The zero-order chi connectivity index (χ0) is 12.8. The molecule has 2 fully saturated rings. The van der Waals surface area contributed by atoms with Crippen LogP contribution in [0.4, 0.5) is 0 Å². The van der Waals surface area contributed by atoms with E-state index in [0.29, 0.717) is 0 Å². The SMILES string of the molecule is O=C(CCl)N1CCN(CN2CCCOCC2)CC1. The van der Waals surface area contributed by atoms with E-state index in [1.165, 1.54) is 0 Å². The normalized spacial score (nSPS) is 23.9. The van der Waals surface area contributed by atoms with Crippen molar-refractivity contribution in [3.63, 3.8) is 0 Å². The van der Waals surface area contributed by atoms with Crippen LogP contribution < -0.4 is 0 Å². The summed E-state index contributed by atoms with van der Waals surface area (Å²) in [6, 6.07) is 0. The van der Waals surface area contributed by atoms with Gasteiger partial charge in [0.15, 0.2) is 0 Å². The highest BCUT2D eigenvalue weighted by molar-refractivity contribution is 6.27. The first-order valence-electron chi connectivity index (χ1n) is 6.66. The molecular weight excluding hydrogens is 254 g/mol. The molecule has 2 heterocycles. The van der Waals surface area contributed by atoms with Gasteiger partial charge in [0.1, 0.15) is 5.88 Å². The lowest BCUT2D eigenvalue weighted by Crippen LogP contribution is -2.52. The molecule has 0 aromatic rings. The highest BCUT2D eigenvalue weighted by Crippen LogP contribution is 2.06. The van der Waals surface area contributed by atoms with Crippen molar-refractivity contribution in [2.75, 3.05) is 65.0 Å². The molecular formula is C12H22ClN3O2. The summed E-state index contributed by atoms with van der Waals surface area (Å²) in [5, 5.41) is 0. The van der Waals surface area contributed by atoms with Crippen LogP contribution in [-0.2, 0) is 9.53 Å². The molecule has 5 nitrogen and oxygen atoms in total. The number of rotatable bonds is 3. The third-order valence-corrected chi connectivity index (χ3v) is 3.78. The highest BCUT2D eigenvalue weighted by Gasteiger charge is 2.21. The van der Waals surface area contributed by atoms with Gasteiger partial charge < -0.3 is 9.64 Å². The average molecular weight is 276 g/mol. The Bertz CT molecular complexity index is 262. The lowest BCUT2D eigenvalue weighted by Gasteiger charge is -2.37. The fraction of sp³-hybridized carbons (Fsp3) is 0.917. The molecule has 0 spiro atoms. The minimum Gasteiger partial charge on any atom is -0.380 e. The molecule has 18 heavy (non-hydrogen) atoms. The Hall–Kier alpha value is -0.360. The van der Waals surface area contributed by atoms with Crippen LogP contribution in [0.5, 0.6) is 0 Å². The van der Waals surface area contributed by atoms with Crippen LogP contribution in [0.2, 0.25) is 0 Å². The van der Waals surface area contributed by atoms with Gasteiger partial charge in [-0.3, -0.25) is 14.6 Å². The van der Waals surface area contributed by atoms with E-state index in [1.807, 2.05) is 4.90 Å². The molecule has 2 aliphatic heterocycles. The Labute approximate surface area is 114 Å². The Morgan fingerprint density at radius 3 is 2.44 bits per heavy atom. The van der Waals surface area contributed by atoms with Crippen molar-refractivity contribution in [2.24, 2.45) is 0 Å². The molecule has 0 aromatic heterocycles. The molecule has 6 heteroatoms. The first-order chi connectivity index (χ1) is 8.79. The molecule has 0 bridgehead atoms. The van der Waals surface area contributed by atoms with Crippen LogP contribution in [0.25, 0.3) is 0 Å². The van der Waals surface area contributed by atoms with Crippen molar-refractivity contribution in [2.45, 2.75) is 6.42 Å². The summed E-state index contributed by atoms with van der Waals surface area (Å²) in [6.07, 6.45) is 1.12. The first-order valence-corrected chi connectivity index (χ1v) is 7.19. The van der Waals surface area contributed by atoms with E-state index in [0.717, 1.165) is 65.6 Å². The molecule has 2 rings (SSSR count). The summed E-state index contributed by atoms with van der Waals surface area (Å²) in [5.74, 6) is 0.156. The zero-order valence-electron chi connectivity index (χ0n) is 10.8. The van der Waals surface area contributed by atoms with E-state index >= 15 is 0 Å². The molecule has 0 N–H and O–H groups in total. The largest absolute Gasteiger partial charge is 0.380 e. The predicted molar refractivity (Wildman–Crippen MR) is 70.7 cm³/mol. The van der Waals surface area contributed by atoms with Crippen LogP contribution in [0.15, 0.2) is 0 Å². The van der Waals surface area contributed by atoms with Crippen molar-refractivity contribution in [1.29, 1.82) is 0 Å². The number of hydrogen-bond acceptors (Lipinski definition) is 4. The van der Waals surface area contributed by atoms with Crippen LogP contribution >= 0.6 is 11.6 Å². The standard InChI is InChI=1S/C12H22ClN3O2/c13-10-12(17)16-5-3-15(4-6-16)11-14-2-1-8-18-9-7-14/h1-11H2. The Kier molecular flexibility index (Phi) is 5.69. The third-order valence-electron chi connectivity index (χ3n) is 3.55. The van der Waals surface area contributed by atoms with Gasteiger partial charge in [-0.1, -0.05) is 0 Å². The van der Waals surface area contributed by atoms with E-state index in [4.69, 9.17) is 16.3 Å². The van der Waals surface area contributed by atoms with E-state index in [-0.39, 0.29) is 11.8 Å². The Morgan fingerprint density at radius 1 is 1.00 bits per heavy atom. The van der Waals surface area contributed by atoms with Crippen molar-refractivity contribution in [3.05, 3.63) is 0 Å². The monoisotopic (exact) mass is 275 g/mol. The van der Waals surface area contributed by atoms with Crippen molar-refractivity contribution in [3.8, 4) is 0 Å². The molecule has 0 aliphatic carbocycles. The quantitative estimate of drug-likeness (QED) is 0.682. The smallest absolute Gasteiger partial charge is 0.237 e. The van der Waals surface area contributed by atoms with Gasteiger partial charge in [-0.2, -0.15) is 0 Å². The van der Waals surface area contributed by atoms with E-state index < -0.39 is 0 Å². The minimum absolute atomic E-state index is 0.0551. The number of carbonyl (C=O) groups excluding carboxylic acids is 1. The summed E-state index contributed by atoms with van der Waals surface area (Å²) in [5.41, 5.74) is 0. The van der Waals surface area contributed by atoms with Crippen molar-refractivity contribution in [1.82, 2.24) is 14.7 Å². The second-order valence-electron chi connectivity index (χ2n) is 4.86. The van der Waals surface area contributed by atoms with Crippen molar-refractivity contribution < 1.29 is 9.53 Å². The average Bonchev–Trinajstić information content (AvgIpc) is 2.67. The summed E-state index contributed by atoms with van der Waals surface area (Å²) in [7, 11) is 0. The zero-order valence-corrected chi connectivity index (χ0v) is 11.6. The number of carbonyl (C=O) groups is 1. The van der Waals surface area contributed by atoms with Gasteiger partial charge in [0.2, 0.25) is 5.91 Å². The van der Waals surface area contributed by atoms with Gasteiger partial charge >= 0.3 is 0 Å². The van der Waals surface area contributed by atoms with Crippen LogP contribution in [0, 0.1) is 0 Å². The van der Waals surface area contributed by atoms with E-state index in [9.17, 15) is 4.79 Å². The summed E-state index contributed by atoms with van der Waals surface area (Å²) < 4.78 is 5.45. The Balaban J connectivity index is 1.71. The third kappa shape index (κ3) is 4.09. The molecule has 2 saturated heterocycles. The molecule has 1 amide bonds. The number of nitrogens with zero attached hydrogens (tertiary/aromatic N) is 3. The predicted octanol–water partition coefficient (Wildman–Crippen LogP) is 0.0492.